The van der Waals surface area contributed by atoms with E-state index in [-0.39, 0.29) is 18.0 Å². The van der Waals surface area contributed by atoms with Gasteiger partial charge in [-0.15, -0.1) is 0 Å². The van der Waals surface area contributed by atoms with Crippen LogP contribution in [-0.4, -0.2) is 49.2 Å². The van der Waals surface area contributed by atoms with Crippen molar-refractivity contribution in [3.05, 3.63) is 29.8 Å². The maximum atomic E-state index is 12.5. The van der Waals surface area contributed by atoms with Gasteiger partial charge in [-0.05, 0) is 51.0 Å². The van der Waals surface area contributed by atoms with Crippen LogP contribution < -0.4 is 10.1 Å². The number of hydrogen-bond acceptors (Lipinski definition) is 4. The second kappa shape index (κ2) is 8.41. The summed E-state index contributed by atoms with van der Waals surface area (Å²) in [6, 6.07) is 7.27. The number of rotatable bonds is 5. The molecule has 1 saturated heterocycles. The van der Waals surface area contributed by atoms with Gasteiger partial charge in [0.05, 0.1) is 13.2 Å². The molecular weight excluding hydrogens is 296 g/mol. The number of benzene rings is 1. The van der Waals surface area contributed by atoms with Gasteiger partial charge in [0.25, 0.3) is 5.91 Å². The molecule has 0 radical (unpaired) electrons. The first kappa shape index (κ1) is 17.1. The number of likely N-dealkylation sites (tertiary alicyclic amines) is 1. The van der Waals surface area contributed by atoms with Crippen molar-refractivity contribution in [1.29, 1.82) is 0 Å². The largest absolute Gasteiger partial charge is 0.494 e. The summed E-state index contributed by atoms with van der Waals surface area (Å²) in [7, 11) is 0. The summed E-state index contributed by atoms with van der Waals surface area (Å²) in [6.45, 7) is 5.92. The molecule has 2 amide bonds. The molecule has 0 atom stereocenters. The van der Waals surface area contributed by atoms with Crippen LogP contribution in [0.4, 0.5) is 4.79 Å². The molecule has 1 N–H and O–H groups in total. The summed E-state index contributed by atoms with van der Waals surface area (Å²) in [5.74, 6) is 0.782. The molecule has 1 aliphatic rings. The number of amides is 2. The van der Waals surface area contributed by atoms with Crippen LogP contribution in [0.3, 0.4) is 0 Å². The molecule has 0 aromatic heterocycles. The second-order valence-corrected chi connectivity index (χ2v) is 5.39. The third-order valence-corrected chi connectivity index (χ3v) is 3.79. The van der Waals surface area contributed by atoms with Crippen molar-refractivity contribution in [2.24, 2.45) is 0 Å². The Morgan fingerprint density at radius 2 is 1.78 bits per heavy atom. The molecule has 1 fully saturated rings. The maximum absolute atomic E-state index is 12.5. The number of carbonyl (C=O) groups is 2. The van der Waals surface area contributed by atoms with E-state index in [1.807, 2.05) is 24.0 Å². The Labute approximate surface area is 136 Å². The van der Waals surface area contributed by atoms with Crippen LogP contribution in [0, 0.1) is 0 Å². The molecule has 2 rings (SSSR count). The second-order valence-electron chi connectivity index (χ2n) is 5.39. The van der Waals surface area contributed by atoms with E-state index in [1.54, 1.807) is 19.1 Å². The highest BCUT2D eigenvalue weighted by molar-refractivity contribution is 5.94. The first-order chi connectivity index (χ1) is 11.1. The molecule has 0 saturated carbocycles. The van der Waals surface area contributed by atoms with Crippen LogP contribution >= 0.6 is 0 Å². The molecule has 126 valence electrons. The van der Waals surface area contributed by atoms with Gasteiger partial charge in [0, 0.05) is 24.7 Å². The van der Waals surface area contributed by atoms with Crippen molar-refractivity contribution in [2.75, 3.05) is 26.3 Å². The fourth-order valence-electron chi connectivity index (χ4n) is 2.61. The minimum Gasteiger partial charge on any atom is -0.494 e. The Morgan fingerprint density at radius 3 is 2.35 bits per heavy atom. The molecular formula is C17H24N2O4. The van der Waals surface area contributed by atoms with E-state index < -0.39 is 0 Å². The maximum Gasteiger partial charge on any atom is 0.407 e. The lowest BCUT2D eigenvalue weighted by Gasteiger charge is -2.32. The minimum atomic E-state index is -0.385. The van der Waals surface area contributed by atoms with E-state index in [1.165, 1.54) is 0 Å². The molecule has 6 nitrogen and oxygen atoms in total. The molecule has 6 heteroatoms. The molecule has 23 heavy (non-hydrogen) atoms. The van der Waals surface area contributed by atoms with Gasteiger partial charge >= 0.3 is 6.09 Å². The first-order valence-electron chi connectivity index (χ1n) is 8.09. The third kappa shape index (κ3) is 4.87. The van der Waals surface area contributed by atoms with Gasteiger partial charge in [0.2, 0.25) is 0 Å². The highest BCUT2D eigenvalue weighted by Crippen LogP contribution is 2.17. The number of nitrogens with one attached hydrogen (secondary N) is 1. The highest BCUT2D eigenvalue weighted by Gasteiger charge is 2.24. The average Bonchev–Trinajstić information content (AvgIpc) is 2.56. The minimum absolute atomic E-state index is 0.0163. The fraction of sp³-hybridized carbons (Fsp3) is 0.529. The van der Waals surface area contributed by atoms with Crippen molar-refractivity contribution in [3.8, 4) is 5.75 Å². The Kier molecular flexibility index (Phi) is 6.26. The zero-order chi connectivity index (χ0) is 16.7. The molecule has 1 aliphatic heterocycles. The van der Waals surface area contributed by atoms with Crippen LogP contribution in [0.25, 0.3) is 0 Å². The van der Waals surface area contributed by atoms with Crippen LogP contribution in [-0.2, 0) is 4.74 Å². The highest BCUT2D eigenvalue weighted by atomic mass is 16.5. The number of piperidine rings is 1. The van der Waals surface area contributed by atoms with E-state index in [0.717, 1.165) is 18.6 Å². The van der Waals surface area contributed by atoms with Gasteiger partial charge in [-0.3, -0.25) is 4.79 Å². The molecule has 1 aromatic carbocycles. The summed E-state index contributed by atoms with van der Waals surface area (Å²) in [5.41, 5.74) is 0.658. The lowest BCUT2D eigenvalue weighted by Crippen LogP contribution is -2.46. The van der Waals surface area contributed by atoms with Crippen molar-refractivity contribution >= 4 is 12.0 Å². The smallest absolute Gasteiger partial charge is 0.407 e. The van der Waals surface area contributed by atoms with Crippen molar-refractivity contribution in [3.63, 3.8) is 0 Å². The number of hydrogen-bond donors (Lipinski definition) is 1. The Hall–Kier alpha value is -2.24. The molecule has 1 heterocycles. The van der Waals surface area contributed by atoms with Crippen molar-refractivity contribution in [2.45, 2.75) is 32.7 Å². The first-order valence-corrected chi connectivity index (χ1v) is 8.09. The van der Waals surface area contributed by atoms with E-state index in [0.29, 0.717) is 31.9 Å². The number of nitrogens with zero attached hydrogens (tertiary/aromatic N) is 1. The lowest BCUT2D eigenvalue weighted by atomic mass is 10.0. The quantitative estimate of drug-likeness (QED) is 0.905. The zero-order valence-corrected chi connectivity index (χ0v) is 13.7. The Balaban J connectivity index is 1.84. The topological polar surface area (TPSA) is 67.9 Å². The predicted molar refractivity (Wildman–Crippen MR) is 86.7 cm³/mol. The molecule has 1 aromatic rings. The van der Waals surface area contributed by atoms with Gasteiger partial charge in [-0.2, -0.15) is 0 Å². The van der Waals surface area contributed by atoms with Crippen LogP contribution in [0.15, 0.2) is 24.3 Å². The Bertz CT molecular complexity index is 522. The summed E-state index contributed by atoms with van der Waals surface area (Å²) >= 11 is 0. The van der Waals surface area contributed by atoms with Crippen molar-refractivity contribution in [1.82, 2.24) is 10.2 Å². The summed E-state index contributed by atoms with van der Waals surface area (Å²) in [4.78, 5) is 25.7. The van der Waals surface area contributed by atoms with E-state index in [9.17, 15) is 9.59 Å². The number of ether oxygens (including phenoxy) is 2. The lowest BCUT2D eigenvalue weighted by molar-refractivity contribution is 0.0702. The number of alkyl carbamates (subject to hydrolysis) is 1. The summed E-state index contributed by atoms with van der Waals surface area (Å²) < 4.78 is 10.3. The Morgan fingerprint density at radius 1 is 1.13 bits per heavy atom. The normalized spacial score (nSPS) is 15.1. The van der Waals surface area contributed by atoms with Gasteiger partial charge in [0.1, 0.15) is 5.75 Å². The third-order valence-electron chi connectivity index (χ3n) is 3.79. The molecule has 0 spiro atoms. The molecule has 0 unspecified atom stereocenters. The monoisotopic (exact) mass is 320 g/mol. The summed E-state index contributed by atoms with van der Waals surface area (Å²) in [5, 5.41) is 2.82. The van der Waals surface area contributed by atoms with E-state index in [2.05, 4.69) is 5.32 Å². The van der Waals surface area contributed by atoms with E-state index in [4.69, 9.17) is 9.47 Å². The zero-order valence-electron chi connectivity index (χ0n) is 13.7. The van der Waals surface area contributed by atoms with Gasteiger partial charge in [-0.25, -0.2) is 4.79 Å². The standard InChI is InChI=1S/C17H24N2O4/c1-3-22-15-7-5-13(6-8-15)16(20)19-11-9-14(10-12-19)18-17(21)23-4-2/h5-8,14H,3-4,9-12H2,1-2H3,(H,18,21). The van der Waals surface area contributed by atoms with Gasteiger partial charge in [-0.1, -0.05) is 0 Å². The SMILES string of the molecule is CCOC(=O)NC1CCN(C(=O)c2ccc(OCC)cc2)CC1. The van der Waals surface area contributed by atoms with Crippen LogP contribution in [0.5, 0.6) is 5.75 Å². The van der Waals surface area contributed by atoms with Crippen LogP contribution in [0.1, 0.15) is 37.0 Å². The average molecular weight is 320 g/mol. The molecule has 0 bridgehead atoms. The van der Waals surface area contributed by atoms with Crippen molar-refractivity contribution < 1.29 is 19.1 Å². The predicted octanol–water partition coefficient (Wildman–Crippen LogP) is 2.44. The fourth-order valence-corrected chi connectivity index (χ4v) is 2.61. The number of carbonyl (C=O) groups excluding carboxylic acids is 2. The van der Waals surface area contributed by atoms with E-state index >= 15 is 0 Å². The van der Waals surface area contributed by atoms with Gasteiger partial charge in [0.15, 0.2) is 0 Å². The van der Waals surface area contributed by atoms with Gasteiger partial charge < -0.3 is 19.7 Å². The summed E-state index contributed by atoms with van der Waals surface area (Å²) in [6.07, 6.45) is 1.09. The molecule has 0 aliphatic carbocycles. The van der Waals surface area contributed by atoms with Crippen LogP contribution in [0.2, 0.25) is 0 Å².